The van der Waals surface area contributed by atoms with Gasteiger partial charge in [-0.2, -0.15) is 0 Å². The number of hydrogen-bond acceptors (Lipinski definition) is 5. The van der Waals surface area contributed by atoms with Gasteiger partial charge in [-0.05, 0) is 38.1 Å². The Labute approximate surface area is 183 Å². The first kappa shape index (κ1) is 20.7. The van der Waals surface area contributed by atoms with Gasteiger partial charge in [0.25, 0.3) is 5.56 Å². The van der Waals surface area contributed by atoms with Gasteiger partial charge in [-0.15, -0.1) is 0 Å². The fraction of sp³-hybridized carbons (Fsp3) is 0.391. The highest BCUT2D eigenvalue weighted by atomic mass is 19.1. The van der Waals surface area contributed by atoms with E-state index in [-0.39, 0.29) is 29.8 Å². The van der Waals surface area contributed by atoms with Crippen molar-refractivity contribution in [1.29, 1.82) is 0 Å². The maximum absolute atomic E-state index is 15.7. The molecule has 1 fully saturated rings. The number of nitrogens with zero attached hydrogens (tertiary/aromatic N) is 5. The molecule has 4 aromatic heterocycles. The van der Waals surface area contributed by atoms with Crippen LogP contribution in [-0.4, -0.2) is 48.9 Å². The van der Waals surface area contributed by atoms with E-state index in [9.17, 15) is 9.18 Å². The van der Waals surface area contributed by atoms with Gasteiger partial charge in [0.1, 0.15) is 5.82 Å². The Morgan fingerprint density at radius 2 is 1.84 bits per heavy atom. The maximum atomic E-state index is 15.7. The summed E-state index contributed by atoms with van der Waals surface area (Å²) in [6.45, 7) is 7.74. The van der Waals surface area contributed by atoms with Crippen LogP contribution in [0.2, 0.25) is 0 Å². The lowest BCUT2D eigenvalue weighted by molar-refractivity contribution is 0.0508. The third-order valence-electron chi connectivity index (χ3n) is 6.30. The molecule has 1 aliphatic rings. The molecule has 9 heteroatoms. The van der Waals surface area contributed by atoms with Crippen LogP contribution in [0.5, 0.6) is 0 Å². The molecule has 32 heavy (non-hydrogen) atoms. The van der Waals surface area contributed by atoms with Crippen molar-refractivity contribution in [2.24, 2.45) is 0 Å². The van der Waals surface area contributed by atoms with Gasteiger partial charge >= 0.3 is 0 Å². The van der Waals surface area contributed by atoms with E-state index in [4.69, 9.17) is 0 Å². The molecule has 0 spiro atoms. The van der Waals surface area contributed by atoms with Crippen molar-refractivity contribution in [1.82, 2.24) is 29.2 Å². The molecule has 0 atom stereocenters. The normalized spacial score (nSPS) is 16.8. The van der Waals surface area contributed by atoms with Gasteiger partial charge in [0.15, 0.2) is 22.6 Å². The van der Waals surface area contributed by atoms with Crippen molar-refractivity contribution in [3.63, 3.8) is 0 Å². The molecular formula is C23H24F2N6O. The van der Waals surface area contributed by atoms with E-state index in [1.165, 1.54) is 6.07 Å². The molecule has 5 heterocycles. The smallest absolute Gasteiger partial charge is 0.277 e. The monoisotopic (exact) mass is 438 g/mol. The summed E-state index contributed by atoms with van der Waals surface area (Å²) in [5, 5.41) is 0. The van der Waals surface area contributed by atoms with Gasteiger partial charge in [-0.1, -0.05) is 6.92 Å². The Kier molecular flexibility index (Phi) is 4.81. The zero-order valence-corrected chi connectivity index (χ0v) is 18.2. The van der Waals surface area contributed by atoms with Gasteiger partial charge in [0, 0.05) is 43.9 Å². The zero-order chi connectivity index (χ0) is 22.6. The molecule has 0 aromatic carbocycles. The average Bonchev–Trinajstić information content (AvgIpc) is 3.15. The van der Waals surface area contributed by atoms with Crippen LogP contribution in [0.15, 0.2) is 29.3 Å². The van der Waals surface area contributed by atoms with Gasteiger partial charge in [-0.3, -0.25) is 4.79 Å². The van der Waals surface area contributed by atoms with Crippen LogP contribution in [0.4, 0.5) is 8.78 Å². The summed E-state index contributed by atoms with van der Waals surface area (Å²) in [6, 6.07) is 3.09. The number of pyridine rings is 2. The molecule has 0 unspecified atom stereocenters. The number of piperidine rings is 1. The van der Waals surface area contributed by atoms with Crippen molar-refractivity contribution in [2.45, 2.75) is 39.3 Å². The standard InChI is InChI=1S/C23H24F2N6O/c1-4-30-7-5-23(25,6-8-30)22-28-18-13(2)9-17(27-19(18)21(32)29-22)15-10-16(24)20-26-14(3)11-31(20)12-15/h9-12H,4-8H2,1-3H3,(H,28,29,32). The molecule has 7 nitrogen and oxygen atoms in total. The lowest BCUT2D eigenvalue weighted by Gasteiger charge is -2.35. The molecule has 0 aliphatic carbocycles. The van der Waals surface area contributed by atoms with E-state index in [0.717, 1.165) is 6.54 Å². The van der Waals surface area contributed by atoms with E-state index in [1.54, 1.807) is 36.7 Å². The van der Waals surface area contributed by atoms with Crippen LogP contribution in [0.3, 0.4) is 0 Å². The van der Waals surface area contributed by atoms with E-state index < -0.39 is 17.0 Å². The maximum Gasteiger partial charge on any atom is 0.277 e. The van der Waals surface area contributed by atoms with Crippen LogP contribution >= 0.6 is 0 Å². The first-order valence-electron chi connectivity index (χ1n) is 10.8. The third-order valence-corrected chi connectivity index (χ3v) is 6.30. The Hall–Kier alpha value is -3.20. The van der Waals surface area contributed by atoms with Crippen molar-refractivity contribution in [3.05, 3.63) is 57.8 Å². The molecular weight excluding hydrogens is 414 g/mol. The molecule has 1 aliphatic heterocycles. The van der Waals surface area contributed by atoms with Crippen LogP contribution in [0, 0.1) is 19.7 Å². The molecule has 166 valence electrons. The molecule has 1 saturated heterocycles. The summed E-state index contributed by atoms with van der Waals surface area (Å²) < 4.78 is 31.8. The number of imidazole rings is 1. The van der Waals surface area contributed by atoms with Gasteiger partial charge < -0.3 is 14.3 Å². The van der Waals surface area contributed by atoms with Crippen molar-refractivity contribution < 1.29 is 8.78 Å². The van der Waals surface area contributed by atoms with Crippen molar-refractivity contribution >= 4 is 16.7 Å². The fourth-order valence-corrected chi connectivity index (χ4v) is 4.41. The molecule has 5 rings (SSSR count). The Morgan fingerprint density at radius 1 is 1.09 bits per heavy atom. The average molecular weight is 438 g/mol. The highest BCUT2D eigenvalue weighted by molar-refractivity contribution is 5.81. The highest BCUT2D eigenvalue weighted by Crippen LogP contribution is 2.35. The minimum absolute atomic E-state index is 0.0600. The van der Waals surface area contributed by atoms with Gasteiger partial charge in [-0.25, -0.2) is 23.7 Å². The summed E-state index contributed by atoms with van der Waals surface area (Å²) in [4.78, 5) is 30.8. The summed E-state index contributed by atoms with van der Waals surface area (Å²) in [6.07, 6.45) is 4.01. The van der Waals surface area contributed by atoms with E-state index in [2.05, 4.69) is 24.8 Å². The molecule has 4 aromatic rings. The number of halogens is 2. The van der Waals surface area contributed by atoms with E-state index >= 15 is 4.39 Å². The molecule has 0 amide bonds. The fourth-order valence-electron chi connectivity index (χ4n) is 4.41. The SMILES string of the molecule is CCN1CCC(F)(c2nc3c(C)cc(-c4cc(F)c5nc(C)cn5c4)nc3c(=O)[nH]2)CC1. The Balaban J connectivity index is 1.60. The van der Waals surface area contributed by atoms with Crippen LogP contribution < -0.4 is 5.56 Å². The number of hydrogen-bond donors (Lipinski definition) is 1. The molecule has 1 N–H and O–H groups in total. The highest BCUT2D eigenvalue weighted by Gasteiger charge is 2.38. The van der Waals surface area contributed by atoms with Gasteiger partial charge in [0.2, 0.25) is 0 Å². The van der Waals surface area contributed by atoms with Crippen LogP contribution in [-0.2, 0) is 5.67 Å². The number of nitrogens with one attached hydrogen (secondary N) is 1. The molecule has 0 radical (unpaired) electrons. The summed E-state index contributed by atoms with van der Waals surface area (Å²) in [5.74, 6) is -0.417. The van der Waals surface area contributed by atoms with E-state index in [1.807, 2.05) is 6.92 Å². The second-order valence-corrected chi connectivity index (χ2v) is 8.53. The summed E-state index contributed by atoms with van der Waals surface area (Å²) in [5.41, 5.74) is 0.861. The number of likely N-dealkylation sites (tertiary alicyclic amines) is 1. The van der Waals surface area contributed by atoms with Crippen LogP contribution in [0.25, 0.3) is 27.9 Å². The Morgan fingerprint density at radius 3 is 2.56 bits per heavy atom. The second kappa shape index (κ2) is 7.44. The predicted molar refractivity (Wildman–Crippen MR) is 118 cm³/mol. The minimum Gasteiger partial charge on any atom is -0.306 e. The largest absolute Gasteiger partial charge is 0.306 e. The molecule has 0 bridgehead atoms. The number of aromatic nitrogens is 5. The Bertz CT molecular complexity index is 1400. The van der Waals surface area contributed by atoms with Gasteiger partial charge in [0.05, 0.1) is 16.9 Å². The number of rotatable bonds is 3. The predicted octanol–water partition coefficient (Wildman–Crippen LogP) is 3.67. The lowest BCUT2D eigenvalue weighted by atomic mass is 9.92. The quantitative estimate of drug-likeness (QED) is 0.528. The number of alkyl halides is 1. The second-order valence-electron chi connectivity index (χ2n) is 8.53. The summed E-state index contributed by atoms with van der Waals surface area (Å²) >= 11 is 0. The number of aromatic amines is 1. The third kappa shape index (κ3) is 3.37. The number of aryl methyl sites for hydroxylation is 2. The molecule has 0 saturated carbocycles. The number of H-pyrrole nitrogens is 1. The first-order valence-corrected chi connectivity index (χ1v) is 10.8. The van der Waals surface area contributed by atoms with E-state index in [0.29, 0.717) is 41.1 Å². The number of fused-ring (bicyclic) bond motifs is 2. The summed E-state index contributed by atoms with van der Waals surface area (Å²) in [7, 11) is 0. The minimum atomic E-state index is -1.67. The van der Waals surface area contributed by atoms with Crippen LogP contribution in [0.1, 0.15) is 36.8 Å². The van der Waals surface area contributed by atoms with Crippen molar-refractivity contribution in [3.8, 4) is 11.3 Å². The zero-order valence-electron chi connectivity index (χ0n) is 18.2. The van der Waals surface area contributed by atoms with Crippen molar-refractivity contribution in [2.75, 3.05) is 19.6 Å². The first-order chi connectivity index (χ1) is 15.3. The lowest BCUT2D eigenvalue weighted by Crippen LogP contribution is -2.41. The topological polar surface area (TPSA) is 79.2 Å².